The maximum Gasteiger partial charge on any atom is 0.250 e. The van der Waals surface area contributed by atoms with E-state index in [0.29, 0.717) is 5.69 Å². The Morgan fingerprint density at radius 1 is 1.19 bits per heavy atom. The lowest BCUT2D eigenvalue weighted by Gasteiger charge is -2.08. The number of aromatic amines is 1. The monoisotopic (exact) mass is 281 g/mol. The molecule has 5 heteroatoms. The van der Waals surface area contributed by atoms with E-state index in [4.69, 9.17) is 4.74 Å². The molecular formula is C16H15N3O2. The largest absolute Gasteiger partial charge is 0.375 e. The summed E-state index contributed by atoms with van der Waals surface area (Å²) in [6.07, 6.45) is 0. The third kappa shape index (κ3) is 2.78. The SMILES string of the molecule is COCC(=O)Nc1ccccc1-c1nc2ccccc2[nH]1. The molecule has 1 amide bonds. The number of hydrogen-bond donors (Lipinski definition) is 2. The molecule has 0 saturated carbocycles. The van der Waals surface area contributed by atoms with Crippen LogP contribution < -0.4 is 5.32 Å². The smallest absolute Gasteiger partial charge is 0.250 e. The molecule has 0 spiro atoms. The number of ether oxygens (including phenoxy) is 1. The van der Waals surface area contributed by atoms with Gasteiger partial charge in [0, 0.05) is 12.7 Å². The number of para-hydroxylation sites is 3. The number of carbonyl (C=O) groups excluding carboxylic acids is 1. The van der Waals surface area contributed by atoms with E-state index in [0.717, 1.165) is 22.4 Å². The van der Waals surface area contributed by atoms with Crippen molar-refractivity contribution >= 4 is 22.6 Å². The lowest BCUT2D eigenvalue weighted by molar-refractivity contribution is -0.119. The van der Waals surface area contributed by atoms with Gasteiger partial charge >= 0.3 is 0 Å². The Labute approximate surface area is 122 Å². The molecule has 1 heterocycles. The van der Waals surface area contributed by atoms with Crippen molar-refractivity contribution in [2.45, 2.75) is 0 Å². The Bertz CT molecular complexity index is 747. The summed E-state index contributed by atoms with van der Waals surface area (Å²) in [6.45, 7) is 0.0223. The number of imidazole rings is 1. The minimum Gasteiger partial charge on any atom is -0.375 e. The molecule has 0 aliphatic rings. The number of fused-ring (bicyclic) bond motifs is 1. The normalized spacial score (nSPS) is 10.7. The lowest BCUT2D eigenvalue weighted by Crippen LogP contribution is -2.17. The highest BCUT2D eigenvalue weighted by molar-refractivity contribution is 5.96. The standard InChI is InChI=1S/C16H15N3O2/c1-21-10-15(20)17-12-7-3-2-6-11(12)16-18-13-8-4-5-9-14(13)19-16/h2-9H,10H2,1H3,(H,17,20)(H,18,19). The van der Waals surface area contributed by atoms with Crippen molar-refractivity contribution in [2.24, 2.45) is 0 Å². The maximum absolute atomic E-state index is 11.7. The molecule has 0 fully saturated rings. The van der Waals surface area contributed by atoms with E-state index in [1.807, 2.05) is 48.5 Å². The average Bonchev–Trinajstić information content (AvgIpc) is 2.91. The fourth-order valence-electron chi connectivity index (χ4n) is 2.20. The van der Waals surface area contributed by atoms with Gasteiger partial charge in [-0.15, -0.1) is 0 Å². The first-order valence-corrected chi connectivity index (χ1v) is 6.61. The zero-order valence-electron chi connectivity index (χ0n) is 11.6. The quantitative estimate of drug-likeness (QED) is 0.772. The van der Waals surface area contributed by atoms with Crippen LogP contribution in [0.4, 0.5) is 5.69 Å². The number of nitrogens with one attached hydrogen (secondary N) is 2. The Morgan fingerprint density at radius 3 is 2.76 bits per heavy atom. The zero-order chi connectivity index (χ0) is 14.7. The van der Waals surface area contributed by atoms with Gasteiger partial charge in [-0.1, -0.05) is 24.3 Å². The summed E-state index contributed by atoms with van der Waals surface area (Å²) in [6, 6.07) is 15.4. The van der Waals surface area contributed by atoms with Crippen LogP contribution in [0.2, 0.25) is 0 Å². The van der Waals surface area contributed by atoms with E-state index in [1.54, 1.807) is 0 Å². The molecule has 0 aliphatic heterocycles. The highest BCUT2D eigenvalue weighted by atomic mass is 16.5. The molecule has 0 atom stereocenters. The number of hydrogen-bond acceptors (Lipinski definition) is 3. The van der Waals surface area contributed by atoms with Crippen LogP contribution in [0.5, 0.6) is 0 Å². The maximum atomic E-state index is 11.7. The molecule has 21 heavy (non-hydrogen) atoms. The number of H-pyrrole nitrogens is 1. The number of amides is 1. The Kier molecular flexibility index (Phi) is 3.66. The van der Waals surface area contributed by atoms with Gasteiger partial charge in [-0.3, -0.25) is 4.79 Å². The summed E-state index contributed by atoms with van der Waals surface area (Å²) in [7, 11) is 1.49. The van der Waals surface area contributed by atoms with E-state index in [9.17, 15) is 4.79 Å². The highest BCUT2D eigenvalue weighted by Crippen LogP contribution is 2.27. The van der Waals surface area contributed by atoms with Crippen LogP contribution >= 0.6 is 0 Å². The number of aromatic nitrogens is 2. The van der Waals surface area contributed by atoms with Crippen LogP contribution in [0.25, 0.3) is 22.4 Å². The second-order valence-corrected chi connectivity index (χ2v) is 4.63. The van der Waals surface area contributed by atoms with E-state index in [-0.39, 0.29) is 12.5 Å². The van der Waals surface area contributed by atoms with E-state index < -0.39 is 0 Å². The molecule has 0 bridgehead atoms. The molecule has 3 aromatic rings. The predicted octanol–water partition coefficient (Wildman–Crippen LogP) is 2.81. The van der Waals surface area contributed by atoms with Gasteiger partial charge in [-0.05, 0) is 24.3 Å². The summed E-state index contributed by atoms with van der Waals surface area (Å²) in [5, 5.41) is 2.83. The first kappa shape index (κ1) is 13.3. The zero-order valence-corrected chi connectivity index (χ0v) is 11.6. The van der Waals surface area contributed by atoms with Crippen LogP contribution in [-0.2, 0) is 9.53 Å². The number of rotatable bonds is 4. The van der Waals surface area contributed by atoms with E-state index in [1.165, 1.54) is 7.11 Å². The molecule has 0 radical (unpaired) electrons. The van der Waals surface area contributed by atoms with Crippen LogP contribution in [0, 0.1) is 0 Å². The molecule has 1 aromatic heterocycles. The van der Waals surface area contributed by atoms with E-state index in [2.05, 4.69) is 15.3 Å². The molecule has 2 N–H and O–H groups in total. The second kappa shape index (κ2) is 5.76. The van der Waals surface area contributed by atoms with Crippen molar-refractivity contribution in [3.8, 4) is 11.4 Å². The van der Waals surface area contributed by atoms with Gasteiger partial charge in [0.2, 0.25) is 5.91 Å². The molecule has 0 aliphatic carbocycles. The lowest BCUT2D eigenvalue weighted by atomic mass is 10.1. The van der Waals surface area contributed by atoms with Crippen molar-refractivity contribution < 1.29 is 9.53 Å². The highest BCUT2D eigenvalue weighted by Gasteiger charge is 2.11. The number of benzene rings is 2. The van der Waals surface area contributed by atoms with Gasteiger partial charge in [0.1, 0.15) is 12.4 Å². The minimum absolute atomic E-state index is 0.0223. The molecule has 0 saturated heterocycles. The fraction of sp³-hybridized carbons (Fsp3) is 0.125. The average molecular weight is 281 g/mol. The summed E-state index contributed by atoms with van der Waals surface area (Å²) < 4.78 is 4.83. The van der Waals surface area contributed by atoms with Gasteiger partial charge in [0.05, 0.1) is 16.7 Å². The van der Waals surface area contributed by atoms with Crippen molar-refractivity contribution in [1.29, 1.82) is 0 Å². The van der Waals surface area contributed by atoms with Crippen molar-refractivity contribution in [3.63, 3.8) is 0 Å². The van der Waals surface area contributed by atoms with Crippen molar-refractivity contribution in [3.05, 3.63) is 48.5 Å². The first-order valence-electron chi connectivity index (χ1n) is 6.61. The Morgan fingerprint density at radius 2 is 1.95 bits per heavy atom. The fourth-order valence-corrected chi connectivity index (χ4v) is 2.20. The van der Waals surface area contributed by atoms with Crippen LogP contribution in [0.15, 0.2) is 48.5 Å². The molecule has 2 aromatic carbocycles. The molecule has 106 valence electrons. The van der Waals surface area contributed by atoms with Crippen LogP contribution in [-0.4, -0.2) is 29.6 Å². The minimum atomic E-state index is -0.193. The molecular weight excluding hydrogens is 266 g/mol. The van der Waals surface area contributed by atoms with E-state index >= 15 is 0 Å². The van der Waals surface area contributed by atoms with Gasteiger partial charge in [0.25, 0.3) is 0 Å². The van der Waals surface area contributed by atoms with Gasteiger partial charge in [-0.2, -0.15) is 0 Å². The van der Waals surface area contributed by atoms with Crippen LogP contribution in [0.3, 0.4) is 0 Å². The second-order valence-electron chi connectivity index (χ2n) is 4.63. The predicted molar refractivity (Wildman–Crippen MR) is 82.0 cm³/mol. The van der Waals surface area contributed by atoms with Gasteiger partial charge < -0.3 is 15.0 Å². The Balaban J connectivity index is 1.99. The summed E-state index contributed by atoms with van der Waals surface area (Å²) in [4.78, 5) is 19.5. The molecule has 0 unspecified atom stereocenters. The third-order valence-electron chi connectivity index (χ3n) is 3.12. The number of nitrogens with zero attached hydrogens (tertiary/aromatic N) is 1. The van der Waals surface area contributed by atoms with Gasteiger partial charge in [-0.25, -0.2) is 4.98 Å². The third-order valence-corrected chi connectivity index (χ3v) is 3.12. The van der Waals surface area contributed by atoms with Crippen LogP contribution in [0.1, 0.15) is 0 Å². The number of carbonyl (C=O) groups is 1. The van der Waals surface area contributed by atoms with Gasteiger partial charge in [0.15, 0.2) is 0 Å². The first-order chi connectivity index (χ1) is 10.3. The summed E-state index contributed by atoms with van der Waals surface area (Å²) in [5.74, 6) is 0.533. The summed E-state index contributed by atoms with van der Waals surface area (Å²) >= 11 is 0. The molecule has 3 rings (SSSR count). The Hall–Kier alpha value is -2.66. The summed E-state index contributed by atoms with van der Waals surface area (Å²) in [5.41, 5.74) is 3.41. The van der Waals surface area contributed by atoms with Crippen molar-refractivity contribution in [2.75, 3.05) is 19.0 Å². The van der Waals surface area contributed by atoms with Crippen molar-refractivity contribution in [1.82, 2.24) is 9.97 Å². The number of methoxy groups -OCH3 is 1. The number of anilines is 1. The molecule has 5 nitrogen and oxygen atoms in total. The topological polar surface area (TPSA) is 67.0 Å².